The molecular weight excluding hydrogens is 249 g/mol. The standard InChI is InChI=1S/C11H9F3N2O2/c1-2-18-10(17)5-8-3-7(6-15)4-9(16-8)11(12,13)14/h3-4H,2,5H2,1H3. The van der Waals surface area contributed by atoms with Crippen molar-refractivity contribution in [3.05, 3.63) is 29.1 Å². The van der Waals surface area contributed by atoms with Crippen molar-refractivity contribution in [1.29, 1.82) is 5.26 Å². The molecule has 0 amide bonds. The first-order chi connectivity index (χ1) is 8.36. The predicted octanol–water partition coefficient (Wildman–Crippen LogP) is 2.08. The first-order valence-electron chi connectivity index (χ1n) is 5.00. The molecule has 0 aromatic carbocycles. The second-order valence-electron chi connectivity index (χ2n) is 3.32. The van der Waals surface area contributed by atoms with Gasteiger partial charge in [-0.1, -0.05) is 0 Å². The Labute approximate surface area is 101 Å². The molecule has 1 rings (SSSR count). The van der Waals surface area contributed by atoms with E-state index >= 15 is 0 Å². The van der Waals surface area contributed by atoms with Crippen LogP contribution in [0.4, 0.5) is 13.2 Å². The highest BCUT2D eigenvalue weighted by Crippen LogP contribution is 2.28. The van der Waals surface area contributed by atoms with Crippen LogP contribution in [0.3, 0.4) is 0 Å². The summed E-state index contributed by atoms with van der Waals surface area (Å²) in [6.45, 7) is 1.71. The van der Waals surface area contributed by atoms with Crippen LogP contribution in [0.15, 0.2) is 12.1 Å². The third kappa shape index (κ3) is 3.73. The molecule has 96 valence electrons. The molecule has 0 aliphatic rings. The Morgan fingerprint density at radius 2 is 2.17 bits per heavy atom. The zero-order chi connectivity index (χ0) is 13.8. The normalized spacial score (nSPS) is 10.8. The molecule has 0 saturated heterocycles. The number of nitrogens with zero attached hydrogens (tertiary/aromatic N) is 2. The molecular formula is C11H9F3N2O2. The summed E-state index contributed by atoms with van der Waals surface area (Å²) in [7, 11) is 0. The minimum absolute atomic E-state index is 0.128. The SMILES string of the molecule is CCOC(=O)Cc1cc(C#N)cc(C(F)(F)F)n1. The summed E-state index contributed by atoms with van der Waals surface area (Å²) in [5.74, 6) is -0.687. The Kier molecular flexibility index (Phi) is 4.26. The smallest absolute Gasteiger partial charge is 0.433 e. The molecule has 0 radical (unpaired) electrons. The third-order valence-corrected chi connectivity index (χ3v) is 1.93. The second-order valence-corrected chi connectivity index (χ2v) is 3.32. The average Bonchev–Trinajstić information content (AvgIpc) is 2.27. The van der Waals surface area contributed by atoms with Crippen molar-refractivity contribution in [2.24, 2.45) is 0 Å². The van der Waals surface area contributed by atoms with Crippen molar-refractivity contribution in [1.82, 2.24) is 4.98 Å². The Morgan fingerprint density at radius 1 is 1.50 bits per heavy atom. The van der Waals surface area contributed by atoms with Gasteiger partial charge in [-0.2, -0.15) is 18.4 Å². The Morgan fingerprint density at radius 3 is 2.67 bits per heavy atom. The number of carbonyl (C=O) groups excluding carboxylic acids is 1. The molecule has 7 heteroatoms. The summed E-state index contributed by atoms with van der Waals surface area (Å²) in [6, 6.07) is 3.36. The second kappa shape index (κ2) is 5.49. The number of esters is 1. The van der Waals surface area contributed by atoms with Crippen LogP contribution in [-0.2, 0) is 22.1 Å². The zero-order valence-electron chi connectivity index (χ0n) is 9.41. The summed E-state index contributed by atoms with van der Waals surface area (Å²) in [4.78, 5) is 14.4. The number of halogens is 3. The quantitative estimate of drug-likeness (QED) is 0.778. The summed E-state index contributed by atoms with van der Waals surface area (Å²) >= 11 is 0. The number of aromatic nitrogens is 1. The van der Waals surface area contributed by atoms with Crippen LogP contribution in [0, 0.1) is 11.3 Å². The number of carbonyl (C=O) groups is 1. The maximum absolute atomic E-state index is 12.5. The van der Waals surface area contributed by atoms with Gasteiger partial charge in [0, 0.05) is 0 Å². The minimum Gasteiger partial charge on any atom is -0.466 e. The highest BCUT2D eigenvalue weighted by molar-refractivity contribution is 5.72. The average molecular weight is 258 g/mol. The number of pyridine rings is 1. The maximum Gasteiger partial charge on any atom is 0.433 e. The van der Waals surface area contributed by atoms with Crippen LogP contribution in [0.2, 0.25) is 0 Å². The van der Waals surface area contributed by atoms with E-state index in [-0.39, 0.29) is 17.9 Å². The summed E-state index contributed by atoms with van der Waals surface area (Å²) < 4.78 is 42.0. The van der Waals surface area contributed by atoms with Crippen molar-refractivity contribution in [3.63, 3.8) is 0 Å². The fourth-order valence-corrected chi connectivity index (χ4v) is 1.25. The van der Waals surface area contributed by atoms with Gasteiger partial charge in [-0.25, -0.2) is 4.98 Å². The molecule has 18 heavy (non-hydrogen) atoms. The van der Waals surface area contributed by atoms with Crippen LogP contribution in [0.25, 0.3) is 0 Å². The molecule has 0 N–H and O–H groups in total. The van der Waals surface area contributed by atoms with Crippen molar-refractivity contribution in [2.45, 2.75) is 19.5 Å². The van der Waals surface area contributed by atoms with Gasteiger partial charge in [0.15, 0.2) is 0 Å². The Bertz CT molecular complexity index is 492. The molecule has 0 unspecified atom stereocenters. The van der Waals surface area contributed by atoms with Crippen molar-refractivity contribution >= 4 is 5.97 Å². The molecule has 4 nitrogen and oxygen atoms in total. The highest BCUT2D eigenvalue weighted by Gasteiger charge is 2.33. The van der Waals surface area contributed by atoms with Crippen LogP contribution >= 0.6 is 0 Å². The molecule has 0 spiro atoms. The number of nitriles is 1. The fourth-order valence-electron chi connectivity index (χ4n) is 1.25. The monoisotopic (exact) mass is 258 g/mol. The van der Waals surface area contributed by atoms with Gasteiger partial charge in [0.05, 0.1) is 30.4 Å². The van der Waals surface area contributed by atoms with E-state index in [0.29, 0.717) is 6.07 Å². The first-order valence-corrected chi connectivity index (χ1v) is 5.00. The maximum atomic E-state index is 12.5. The predicted molar refractivity (Wildman–Crippen MR) is 54.3 cm³/mol. The van der Waals surface area contributed by atoms with Crippen molar-refractivity contribution in [2.75, 3.05) is 6.61 Å². The van der Waals surface area contributed by atoms with E-state index in [1.165, 1.54) is 0 Å². The molecule has 1 heterocycles. The topological polar surface area (TPSA) is 63.0 Å². The first kappa shape index (κ1) is 14.0. The fraction of sp³-hybridized carbons (Fsp3) is 0.364. The molecule has 0 bridgehead atoms. The van der Waals surface area contributed by atoms with Crippen molar-refractivity contribution in [3.8, 4) is 6.07 Å². The van der Waals surface area contributed by atoms with Gasteiger partial charge < -0.3 is 4.74 Å². The minimum atomic E-state index is -4.66. The van der Waals surface area contributed by atoms with E-state index in [1.54, 1.807) is 13.0 Å². The largest absolute Gasteiger partial charge is 0.466 e. The van der Waals surface area contributed by atoms with E-state index in [1.807, 2.05) is 0 Å². The lowest BCUT2D eigenvalue weighted by Crippen LogP contribution is -2.13. The summed E-state index contributed by atoms with van der Waals surface area (Å²) in [5.41, 5.74) is -1.53. The Balaban J connectivity index is 3.06. The molecule has 0 aliphatic carbocycles. The molecule has 1 aromatic rings. The number of ether oxygens (including phenoxy) is 1. The van der Waals surface area contributed by atoms with Crippen LogP contribution in [0.1, 0.15) is 23.9 Å². The van der Waals surface area contributed by atoms with Crippen LogP contribution in [-0.4, -0.2) is 17.6 Å². The summed E-state index contributed by atoms with van der Waals surface area (Å²) in [6.07, 6.45) is -5.05. The number of hydrogen-bond acceptors (Lipinski definition) is 4. The van der Waals surface area contributed by atoms with Gasteiger partial charge in [0.2, 0.25) is 0 Å². The molecule has 0 atom stereocenters. The van der Waals surface area contributed by atoms with Gasteiger partial charge in [-0.05, 0) is 19.1 Å². The number of hydrogen-bond donors (Lipinski definition) is 0. The molecule has 0 aliphatic heterocycles. The lowest BCUT2D eigenvalue weighted by molar-refractivity contribution is -0.144. The van der Waals surface area contributed by atoms with E-state index in [9.17, 15) is 18.0 Å². The van der Waals surface area contributed by atoms with Crippen LogP contribution in [0.5, 0.6) is 0 Å². The van der Waals surface area contributed by atoms with Gasteiger partial charge >= 0.3 is 12.1 Å². The highest BCUT2D eigenvalue weighted by atomic mass is 19.4. The van der Waals surface area contributed by atoms with E-state index in [0.717, 1.165) is 6.07 Å². The van der Waals surface area contributed by atoms with Gasteiger partial charge in [-0.15, -0.1) is 0 Å². The van der Waals surface area contributed by atoms with Crippen molar-refractivity contribution < 1.29 is 22.7 Å². The van der Waals surface area contributed by atoms with Gasteiger partial charge in [-0.3, -0.25) is 4.79 Å². The number of rotatable bonds is 3. The van der Waals surface area contributed by atoms with Gasteiger partial charge in [0.1, 0.15) is 5.69 Å². The van der Waals surface area contributed by atoms with E-state index < -0.39 is 24.3 Å². The summed E-state index contributed by atoms with van der Waals surface area (Å²) in [5, 5.41) is 8.63. The molecule has 0 saturated carbocycles. The van der Waals surface area contributed by atoms with E-state index in [4.69, 9.17) is 5.26 Å². The lowest BCUT2D eigenvalue weighted by atomic mass is 10.1. The third-order valence-electron chi connectivity index (χ3n) is 1.93. The van der Waals surface area contributed by atoms with Gasteiger partial charge in [0.25, 0.3) is 0 Å². The zero-order valence-corrected chi connectivity index (χ0v) is 9.41. The van der Waals surface area contributed by atoms with E-state index in [2.05, 4.69) is 9.72 Å². The van der Waals surface area contributed by atoms with Crippen LogP contribution < -0.4 is 0 Å². The number of alkyl halides is 3. The molecule has 1 aromatic heterocycles. The lowest BCUT2D eigenvalue weighted by Gasteiger charge is -2.08. The Hall–Kier alpha value is -2.10. The molecule has 0 fully saturated rings.